The van der Waals surface area contributed by atoms with Gasteiger partial charge in [0.15, 0.2) is 5.78 Å². The maximum absolute atomic E-state index is 12.1. The first-order valence-corrected chi connectivity index (χ1v) is 8.20. The number of halogens is 3. The van der Waals surface area contributed by atoms with Crippen LogP contribution in [0, 0.1) is 0 Å². The smallest absolute Gasteiger partial charge is 0.185 e. The van der Waals surface area contributed by atoms with Crippen LogP contribution in [0.15, 0.2) is 65.1 Å². The van der Waals surface area contributed by atoms with Gasteiger partial charge in [-0.1, -0.05) is 40.9 Å². The van der Waals surface area contributed by atoms with Gasteiger partial charge in [-0.05, 0) is 60.7 Å². The summed E-state index contributed by atoms with van der Waals surface area (Å²) >= 11 is 18.0. The molecule has 0 saturated heterocycles. The summed E-state index contributed by atoms with van der Waals surface area (Å²) in [6, 6.07) is 15.6. The van der Waals surface area contributed by atoms with Crippen LogP contribution in [0.2, 0.25) is 15.1 Å². The van der Waals surface area contributed by atoms with Crippen molar-refractivity contribution < 1.29 is 9.21 Å². The maximum atomic E-state index is 12.1. The Morgan fingerprint density at radius 2 is 1.67 bits per heavy atom. The molecule has 3 aromatic rings. The minimum atomic E-state index is -0.134. The molecule has 0 aliphatic rings. The summed E-state index contributed by atoms with van der Waals surface area (Å²) in [6.07, 6.45) is 3.06. The third-order valence-electron chi connectivity index (χ3n) is 3.37. The molecule has 5 heteroatoms. The predicted octanol–water partition coefficient (Wildman–Crippen LogP) is 6.80. The lowest BCUT2D eigenvalue weighted by atomic mass is 10.1. The molecule has 0 spiro atoms. The largest absolute Gasteiger partial charge is 0.457 e. The van der Waals surface area contributed by atoms with Gasteiger partial charge < -0.3 is 4.42 Å². The van der Waals surface area contributed by atoms with Crippen LogP contribution in [0.5, 0.6) is 0 Å². The number of carbonyl (C=O) groups excluding carboxylic acids is 1. The van der Waals surface area contributed by atoms with Crippen LogP contribution in [-0.4, -0.2) is 5.78 Å². The van der Waals surface area contributed by atoms with E-state index in [1.165, 1.54) is 6.08 Å². The number of allylic oxidation sites excluding steroid dienone is 1. The Balaban J connectivity index is 1.80. The number of hydrogen-bond donors (Lipinski definition) is 0. The fraction of sp³-hybridized carbons (Fsp3) is 0. The van der Waals surface area contributed by atoms with E-state index in [9.17, 15) is 4.79 Å². The lowest BCUT2D eigenvalue weighted by molar-refractivity contribution is 0.104. The molecule has 0 aliphatic carbocycles. The SMILES string of the molecule is O=C(C=Cc1ccc(-c2cccc(Cl)c2Cl)o1)c1ccc(Cl)cc1. The topological polar surface area (TPSA) is 30.2 Å². The second kappa shape index (κ2) is 7.27. The van der Waals surface area contributed by atoms with Crippen LogP contribution in [-0.2, 0) is 0 Å². The Morgan fingerprint density at radius 1 is 0.917 bits per heavy atom. The summed E-state index contributed by atoms with van der Waals surface area (Å²) in [6.45, 7) is 0. The summed E-state index contributed by atoms with van der Waals surface area (Å²) in [5, 5.41) is 1.48. The lowest BCUT2D eigenvalue weighted by Gasteiger charge is -2.01. The first kappa shape index (κ1) is 16.8. The first-order chi connectivity index (χ1) is 11.5. The van der Waals surface area contributed by atoms with Gasteiger partial charge in [0.2, 0.25) is 0 Å². The molecule has 120 valence electrons. The number of ketones is 1. The van der Waals surface area contributed by atoms with Crippen molar-refractivity contribution in [2.24, 2.45) is 0 Å². The van der Waals surface area contributed by atoms with Crippen LogP contribution in [0.3, 0.4) is 0 Å². The molecule has 0 saturated carbocycles. The van der Waals surface area contributed by atoms with E-state index in [1.807, 2.05) is 6.07 Å². The van der Waals surface area contributed by atoms with E-state index in [-0.39, 0.29) is 5.78 Å². The fourth-order valence-electron chi connectivity index (χ4n) is 2.15. The highest BCUT2D eigenvalue weighted by Crippen LogP contribution is 2.34. The van der Waals surface area contributed by atoms with E-state index in [2.05, 4.69) is 0 Å². The molecule has 0 aliphatic heterocycles. The zero-order chi connectivity index (χ0) is 17.1. The Bertz CT molecular complexity index is 909. The average molecular weight is 378 g/mol. The molecule has 1 aromatic heterocycles. The van der Waals surface area contributed by atoms with Crippen LogP contribution in [0.4, 0.5) is 0 Å². The normalized spacial score (nSPS) is 11.1. The molecule has 0 fully saturated rings. The van der Waals surface area contributed by atoms with Crippen LogP contribution >= 0.6 is 34.8 Å². The van der Waals surface area contributed by atoms with Gasteiger partial charge >= 0.3 is 0 Å². The van der Waals surface area contributed by atoms with Crippen molar-refractivity contribution in [2.45, 2.75) is 0 Å². The zero-order valence-electron chi connectivity index (χ0n) is 12.3. The van der Waals surface area contributed by atoms with Crippen molar-refractivity contribution in [1.82, 2.24) is 0 Å². The first-order valence-electron chi connectivity index (χ1n) is 7.07. The van der Waals surface area contributed by atoms with E-state index in [4.69, 9.17) is 39.2 Å². The lowest BCUT2D eigenvalue weighted by Crippen LogP contribution is -1.92. The molecule has 0 amide bonds. The van der Waals surface area contributed by atoms with Gasteiger partial charge in [-0.2, -0.15) is 0 Å². The predicted molar refractivity (Wildman–Crippen MR) is 99.0 cm³/mol. The number of rotatable bonds is 4. The molecular weight excluding hydrogens is 367 g/mol. The quantitative estimate of drug-likeness (QED) is 0.369. The number of hydrogen-bond acceptors (Lipinski definition) is 2. The van der Waals surface area contributed by atoms with Gasteiger partial charge in [-0.3, -0.25) is 4.79 Å². The highest BCUT2D eigenvalue weighted by atomic mass is 35.5. The zero-order valence-corrected chi connectivity index (χ0v) is 14.6. The molecule has 2 aromatic carbocycles. The standard InChI is InChI=1S/C19H11Cl3O2/c20-13-6-4-12(5-7-13)17(23)10-8-14-9-11-18(24-14)15-2-1-3-16(21)19(15)22/h1-11H. The van der Waals surface area contributed by atoms with Crippen molar-refractivity contribution in [2.75, 3.05) is 0 Å². The van der Waals surface area contributed by atoms with Crippen molar-refractivity contribution in [3.8, 4) is 11.3 Å². The van der Waals surface area contributed by atoms with E-state index in [0.717, 1.165) is 0 Å². The molecule has 24 heavy (non-hydrogen) atoms. The molecule has 2 nitrogen and oxygen atoms in total. The third kappa shape index (κ3) is 3.73. The van der Waals surface area contributed by atoms with Gasteiger partial charge in [-0.15, -0.1) is 0 Å². The van der Waals surface area contributed by atoms with Gasteiger partial charge in [0.25, 0.3) is 0 Å². The number of furan rings is 1. The van der Waals surface area contributed by atoms with Crippen molar-refractivity contribution in [1.29, 1.82) is 0 Å². The summed E-state index contributed by atoms with van der Waals surface area (Å²) in [5.74, 6) is 0.995. The molecule has 0 unspecified atom stereocenters. The second-order valence-corrected chi connectivity index (χ2v) is 6.23. The van der Waals surface area contributed by atoms with Crippen LogP contribution < -0.4 is 0 Å². The second-order valence-electron chi connectivity index (χ2n) is 5.01. The van der Waals surface area contributed by atoms with Gasteiger partial charge in [0, 0.05) is 16.1 Å². The summed E-state index contributed by atoms with van der Waals surface area (Å²) in [5.41, 5.74) is 1.26. The van der Waals surface area contributed by atoms with Crippen molar-refractivity contribution in [3.05, 3.63) is 87.1 Å². The highest BCUT2D eigenvalue weighted by Gasteiger charge is 2.10. The Labute approximate surface area is 154 Å². The van der Waals surface area contributed by atoms with Crippen LogP contribution in [0.1, 0.15) is 16.1 Å². The Morgan fingerprint density at radius 3 is 2.42 bits per heavy atom. The average Bonchev–Trinajstić information content (AvgIpc) is 3.04. The minimum absolute atomic E-state index is 0.134. The third-order valence-corrected chi connectivity index (χ3v) is 4.44. The molecule has 0 atom stereocenters. The van der Waals surface area contributed by atoms with Gasteiger partial charge in [0.1, 0.15) is 11.5 Å². The van der Waals surface area contributed by atoms with Crippen molar-refractivity contribution in [3.63, 3.8) is 0 Å². The Hall–Kier alpha value is -2.00. The molecule has 3 rings (SSSR count). The van der Waals surface area contributed by atoms with Crippen LogP contribution in [0.25, 0.3) is 17.4 Å². The summed E-state index contributed by atoms with van der Waals surface area (Å²) in [7, 11) is 0. The molecular formula is C19H11Cl3O2. The maximum Gasteiger partial charge on any atom is 0.185 e. The summed E-state index contributed by atoms with van der Waals surface area (Å²) < 4.78 is 5.71. The number of carbonyl (C=O) groups is 1. The fourth-order valence-corrected chi connectivity index (χ4v) is 2.67. The van der Waals surface area contributed by atoms with E-state index in [0.29, 0.717) is 37.7 Å². The van der Waals surface area contributed by atoms with Gasteiger partial charge in [-0.25, -0.2) is 0 Å². The highest BCUT2D eigenvalue weighted by molar-refractivity contribution is 6.43. The Kier molecular flexibility index (Phi) is 5.10. The minimum Gasteiger partial charge on any atom is -0.457 e. The monoisotopic (exact) mass is 376 g/mol. The molecule has 0 radical (unpaired) electrons. The number of benzene rings is 2. The molecule has 0 N–H and O–H groups in total. The summed E-state index contributed by atoms with van der Waals surface area (Å²) in [4.78, 5) is 12.1. The molecule has 0 bridgehead atoms. The van der Waals surface area contributed by atoms with E-state index >= 15 is 0 Å². The van der Waals surface area contributed by atoms with Crippen molar-refractivity contribution >= 4 is 46.7 Å². The molecule has 1 heterocycles. The van der Waals surface area contributed by atoms with E-state index < -0.39 is 0 Å². The van der Waals surface area contributed by atoms with Gasteiger partial charge in [0.05, 0.1) is 10.0 Å². The van der Waals surface area contributed by atoms with E-state index in [1.54, 1.807) is 54.6 Å².